The molecule has 0 amide bonds. The van der Waals surface area contributed by atoms with Gasteiger partial charge in [-0.25, -0.2) is 0 Å². The van der Waals surface area contributed by atoms with Crippen molar-refractivity contribution in [3.8, 4) is 0 Å². The molecule has 0 saturated carbocycles. The molecule has 2 rings (SSSR count). The van der Waals surface area contributed by atoms with Gasteiger partial charge in [-0.1, -0.05) is 0 Å². The van der Waals surface area contributed by atoms with E-state index >= 15 is 0 Å². The quantitative estimate of drug-likeness (QED) is 0.841. The van der Waals surface area contributed by atoms with Crippen LogP contribution in [-0.4, -0.2) is 11.3 Å². The van der Waals surface area contributed by atoms with E-state index in [1.54, 1.807) is 0 Å². The summed E-state index contributed by atoms with van der Waals surface area (Å²) >= 11 is 7.45. The molecule has 2 heterocycles. The molecule has 0 spiro atoms. The number of nitrogens with one attached hydrogen (secondary N) is 1. The number of halogens is 1. The Hall–Kier alpha value is 0.490. The molecule has 1 aliphatic heterocycles. The van der Waals surface area contributed by atoms with Crippen molar-refractivity contribution in [2.24, 2.45) is 0 Å². The van der Waals surface area contributed by atoms with E-state index in [2.05, 4.69) is 48.1 Å². The molecule has 14 heavy (non-hydrogen) atoms. The van der Waals surface area contributed by atoms with Crippen molar-refractivity contribution in [2.75, 3.05) is 5.75 Å². The van der Waals surface area contributed by atoms with Crippen LogP contribution in [0.3, 0.4) is 0 Å². The van der Waals surface area contributed by atoms with Crippen LogP contribution in [0.15, 0.2) is 10.5 Å². The lowest BCUT2D eigenvalue weighted by Gasteiger charge is -2.17. The van der Waals surface area contributed by atoms with Gasteiger partial charge in [0, 0.05) is 25.5 Å². The first kappa shape index (κ1) is 11.0. The second-order valence-electron chi connectivity index (χ2n) is 4.27. The van der Waals surface area contributed by atoms with Crippen molar-refractivity contribution < 1.29 is 0 Å². The van der Waals surface area contributed by atoms with Crippen LogP contribution in [-0.2, 0) is 0 Å². The Balaban J connectivity index is 2.17. The van der Waals surface area contributed by atoms with Gasteiger partial charge in [-0.05, 0) is 42.8 Å². The van der Waals surface area contributed by atoms with E-state index in [1.165, 1.54) is 20.0 Å². The van der Waals surface area contributed by atoms with E-state index in [0.29, 0.717) is 5.37 Å². The smallest absolute Gasteiger partial charge is 0.0888 e. The number of hydrogen-bond donors (Lipinski definition) is 1. The molecule has 0 bridgehead atoms. The monoisotopic (exact) mass is 291 g/mol. The van der Waals surface area contributed by atoms with Gasteiger partial charge in [-0.3, -0.25) is 5.32 Å². The molecular formula is C10H14BrNS2. The summed E-state index contributed by atoms with van der Waals surface area (Å²) in [5.74, 6) is 1.19. The van der Waals surface area contributed by atoms with Gasteiger partial charge in [-0.2, -0.15) is 0 Å². The molecule has 0 aromatic carbocycles. The molecule has 1 N–H and O–H groups in total. The minimum absolute atomic E-state index is 0.277. The molecule has 1 aromatic heterocycles. The molecule has 1 nitrogen and oxygen atoms in total. The SMILES string of the molecule is Cc1sc(C2NC(C)(C)CS2)cc1Br. The predicted molar refractivity (Wildman–Crippen MR) is 69.2 cm³/mol. The molecule has 1 unspecified atom stereocenters. The average Bonchev–Trinajstić information content (AvgIpc) is 2.57. The second-order valence-corrected chi connectivity index (χ2v) is 7.51. The summed E-state index contributed by atoms with van der Waals surface area (Å²) in [7, 11) is 0. The van der Waals surface area contributed by atoms with Crippen LogP contribution in [0.1, 0.15) is 29.0 Å². The van der Waals surface area contributed by atoms with Crippen LogP contribution in [0, 0.1) is 6.92 Å². The zero-order chi connectivity index (χ0) is 10.3. The van der Waals surface area contributed by atoms with E-state index in [1.807, 2.05) is 23.1 Å². The van der Waals surface area contributed by atoms with E-state index in [9.17, 15) is 0 Å². The molecule has 78 valence electrons. The van der Waals surface area contributed by atoms with Crippen LogP contribution >= 0.6 is 39.0 Å². The van der Waals surface area contributed by atoms with Crippen LogP contribution in [0.2, 0.25) is 0 Å². The van der Waals surface area contributed by atoms with Gasteiger partial charge in [0.1, 0.15) is 0 Å². The molecule has 4 heteroatoms. The summed E-state index contributed by atoms with van der Waals surface area (Å²) in [5, 5.41) is 4.13. The molecule has 1 atom stereocenters. The first-order valence-corrected chi connectivity index (χ1v) is 7.29. The third kappa shape index (κ3) is 2.18. The maximum absolute atomic E-state index is 3.64. The number of aryl methyl sites for hydroxylation is 1. The van der Waals surface area contributed by atoms with Gasteiger partial charge < -0.3 is 0 Å². The molecule has 0 radical (unpaired) electrons. The van der Waals surface area contributed by atoms with Crippen molar-refractivity contribution in [1.29, 1.82) is 0 Å². The summed E-state index contributed by atoms with van der Waals surface area (Å²) in [6, 6.07) is 2.24. The molecular weight excluding hydrogens is 278 g/mol. The highest BCUT2D eigenvalue weighted by Crippen LogP contribution is 2.41. The lowest BCUT2D eigenvalue weighted by molar-refractivity contribution is 0.454. The van der Waals surface area contributed by atoms with Gasteiger partial charge in [0.2, 0.25) is 0 Å². The number of thiophene rings is 1. The standard InChI is InChI=1S/C10H14BrNS2/c1-6-7(11)4-8(14-6)9-12-10(2,3)5-13-9/h4,9,12H,5H2,1-3H3. The van der Waals surface area contributed by atoms with E-state index in [0.717, 1.165) is 0 Å². The van der Waals surface area contributed by atoms with Crippen LogP contribution in [0.4, 0.5) is 0 Å². The van der Waals surface area contributed by atoms with Gasteiger partial charge >= 0.3 is 0 Å². The lowest BCUT2D eigenvalue weighted by atomic mass is 10.1. The molecule has 1 saturated heterocycles. The third-order valence-corrected chi connectivity index (χ3v) is 6.21. The third-order valence-electron chi connectivity index (χ3n) is 2.27. The Morgan fingerprint density at radius 3 is 2.71 bits per heavy atom. The molecule has 1 aromatic rings. The summed E-state index contributed by atoms with van der Waals surface area (Å²) in [4.78, 5) is 2.80. The van der Waals surface area contributed by atoms with Gasteiger partial charge in [0.05, 0.1) is 5.37 Å². The average molecular weight is 292 g/mol. The summed E-state index contributed by atoms with van der Waals surface area (Å²) in [6.45, 7) is 6.67. The minimum Gasteiger partial charge on any atom is -0.295 e. The maximum atomic E-state index is 3.64. The molecule has 0 aliphatic carbocycles. The van der Waals surface area contributed by atoms with Crippen molar-refractivity contribution in [3.63, 3.8) is 0 Å². The van der Waals surface area contributed by atoms with Crippen molar-refractivity contribution in [2.45, 2.75) is 31.7 Å². The first-order chi connectivity index (χ1) is 6.48. The molecule has 1 aliphatic rings. The fraction of sp³-hybridized carbons (Fsp3) is 0.600. The zero-order valence-electron chi connectivity index (χ0n) is 8.56. The Kier molecular flexibility index (Phi) is 2.99. The number of thioether (sulfide) groups is 1. The van der Waals surface area contributed by atoms with Crippen LogP contribution < -0.4 is 5.32 Å². The van der Waals surface area contributed by atoms with Crippen molar-refractivity contribution in [3.05, 3.63) is 20.3 Å². The second kappa shape index (κ2) is 3.81. The van der Waals surface area contributed by atoms with Crippen LogP contribution in [0.25, 0.3) is 0 Å². The summed E-state index contributed by atoms with van der Waals surface area (Å²) in [5.41, 5.74) is 0.277. The summed E-state index contributed by atoms with van der Waals surface area (Å²) in [6.07, 6.45) is 0. The Bertz CT molecular complexity index is 326. The fourth-order valence-corrected chi connectivity index (χ4v) is 4.64. The Morgan fingerprint density at radius 1 is 1.57 bits per heavy atom. The molecule has 1 fully saturated rings. The highest BCUT2D eigenvalue weighted by atomic mass is 79.9. The van der Waals surface area contributed by atoms with Crippen LogP contribution in [0.5, 0.6) is 0 Å². The Labute approximate surface area is 102 Å². The van der Waals surface area contributed by atoms with E-state index in [-0.39, 0.29) is 5.54 Å². The predicted octanol–water partition coefficient (Wildman–Crippen LogP) is 3.93. The zero-order valence-corrected chi connectivity index (χ0v) is 11.8. The highest BCUT2D eigenvalue weighted by molar-refractivity contribution is 9.10. The largest absolute Gasteiger partial charge is 0.295 e. The summed E-state index contributed by atoms with van der Waals surface area (Å²) < 4.78 is 1.24. The highest BCUT2D eigenvalue weighted by Gasteiger charge is 2.32. The normalized spacial score (nSPS) is 25.6. The maximum Gasteiger partial charge on any atom is 0.0888 e. The first-order valence-electron chi connectivity index (χ1n) is 4.63. The lowest BCUT2D eigenvalue weighted by Crippen LogP contribution is -2.35. The Morgan fingerprint density at radius 2 is 2.29 bits per heavy atom. The fourth-order valence-electron chi connectivity index (χ4n) is 1.49. The van der Waals surface area contributed by atoms with Gasteiger partial charge in [-0.15, -0.1) is 23.1 Å². The topological polar surface area (TPSA) is 12.0 Å². The van der Waals surface area contributed by atoms with Gasteiger partial charge in [0.15, 0.2) is 0 Å². The minimum atomic E-state index is 0.277. The van der Waals surface area contributed by atoms with Crippen molar-refractivity contribution >= 4 is 39.0 Å². The number of rotatable bonds is 1. The van der Waals surface area contributed by atoms with E-state index in [4.69, 9.17) is 0 Å². The van der Waals surface area contributed by atoms with Gasteiger partial charge in [0.25, 0.3) is 0 Å². The van der Waals surface area contributed by atoms with Crippen molar-refractivity contribution in [1.82, 2.24) is 5.32 Å². The van der Waals surface area contributed by atoms with E-state index < -0.39 is 0 Å². The number of hydrogen-bond acceptors (Lipinski definition) is 3.